The van der Waals surface area contributed by atoms with Gasteiger partial charge >= 0.3 is 6.03 Å². The van der Waals surface area contributed by atoms with Gasteiger partial charge in [0.15, 0.2) is 0 Å². The van der Waals surface area contributed by atoms with Gasteiger partial charge in [-0.3, -0.25) is 4.79 Å². The lowest BCUT2D eigenvalue weighted by molar-refractivity contribution is 0.0954. The van der Waals surface area contributed by atoms with Crippen LogP contribution >= 0.6 is 11.6 Å². The van der Waals surface area contributed by atoms with Gasteiger partial charge in [0, 0.05) is 39.9 Å². The molecular weight excluding hydrogens is 354 g/mol. The van der Waals surface area contributed by atoms with Crippen molar-refractivity contribution in [3.8, 4) is 0 Å². The van der Waals surface area contributed by atoms with Crippen LogP contribution in [0.3, 0.4) is 0 Å². The highest BCUT2D eigenvalue weighted by Crippen LogP contribution is 2.14. The Labute approximate surface area is 157 Å². The van der Waals surface area contributed by atoms with Crippen LogP contribution in [0.15, 0.2) is 42.6 Å². The molecule has 0 atom stereocenters. The van der Waals surface area contributed by atoms with Crippen LogP contribution in [0.2, 0.25) is 5.02 Å². The Morgan fingerprint density at radius 2 is 1.77 bits per heavy atom. The topological polar surface area (TPSA) is 86.4 Å². The molecule has 0 bridgehead atoms. The van der Waals surface area contributed by atoms with E-state index in [0.29, 0.717) is 30.2 Å². The minimum Gasteiger partial charge on any atom is -0.363 e. The molecule has 0 aliphatic carbocycles. The first kappa shape index (κ1) is 19.5. The monoisotopic (exact) mass is 375 g/mol. The standard InChI is InChI=1S/C18H22ClN5O2/c1-24(2)16-8-7-13(11-22-16)12-23-18(26)21-10-9-20-17(25)14-5-3-4-6-15(14)19/h3-8,11H,9-10,12H2,1-2H3,(H,20,25)(H2,21,23,26). The third-order valence-corrected chi connectivity index (χ3v) is 3.86. The summed E-state index contributed by atoms with van der Waals surface area (Å²) in [5, 5.41) is 8.52. The van der Waals surface area contributed by atoms with Gasteiger partial charge in [0.25, 0.3) is 5.91 Å². The van der Waals surface area contributed by atoms with Crippen molar-refractivity contribution in [2.24, 2.45) is 0 Å². The zero-order chi connectivity index (χ0) is 18.9. The predicted molar refractivity (Wildman–Crippen MR) is 103 cm³/mol. The summed E-state index contributed by atoms with van der Waals surface area (Å²) in [7, 11) is 3.83. The van der Waals surface area contributed by atoms with Crippen molar-refractivity contribution in [3.63, 3.8) is 0 Å². The first-order chi connectivity index (χ1) is 12.5. The molecule has 1 aromatic heterocycles. The van der Waals surface area contributed by atoms with Gasteiger partial charge in [0.2, 0.25) is 0 Å². The van der Waals surface area contributed by atoms with Crippen molar-refractivity contribution in [1.29, 1.82) is 0 Å². The lowest BCUT2D eigenvalue weighted by Crippen LogP contribution is -2.40. The second kappa shape index (κ2) is 9.62. The Kier molecular flexibility index (Phi) is 7.23. The molecule has 1 heterocycles. The van der Waals surface area contributed by atoms with Gasteiger partial charge in [-0.05, 0) is 23.8 Å². The van der Waals surface area contributed by atoms with Gasteiger partial charge in [-0.2, -0.15) is 0 Å². The average Bonchev–Trinajstić information content (AvgIpc) is 2.64. The molecule has 0 aliphatic rings. The van der Waals surface area contributed by atoms with Crippen LogP contribution in [0.25, 0.3) is 0 Å². The highest BCUT2D eigenvalue weighted by atomic mass is 35.5. The van der Waals surface area contributed by atoms with Gasteiger partial charge in [-0.15, -0.1) is 0 Å². The number of nitrogens with zero attached hydrogens (tertiary/aromatic N) is 2. The molecule has 7 nitrogen and oxygen atoms in total. The normalized spacial score (nSPS) is 10.1. The van der Waals surface area contributed by atoms with Crippen LogP contribution in [0.4, 0.5) is 10.6 Å². The van der Waals surface area contributed by atoms with Crippen molar-refractivity contribution in [1.82, 2.24) is 20.9 Å². The minimum atomic E-state index is -0.311. The number of nitrogens with one attached hydrogen (secondary N) is 3. The number of aromatic nitrogens is 1. The van der Waals surface area contributed by atoms with E-state index < -0.39 is 0 Å². The SMILES string of the molecule is CN(C)c1ccc(CNC(=O)NCCNC(=O)c2ccccc2Cl)cn1. The number of carbonyl (C=O) groups excluding carboxylic acids is 2. The number of carbonyl (C=O) groups is 2. The van der Waals surface area contributed by atoms with Crippen molar-refractivity contribution in [2.75, 3.05) is 32.1 Å². The average molecular weight is 376 g/mol. The molecular formula is C18H22ClN5O2. The van der Waals surface area contributed by atoms with E-state index in [1.807, 2.05) is 31.1 Å². The molecule has 0 unspecified atom stereocenters. The Bertz CT molecular complexity index is 750. The lowest BCUT2D eigenvalue weighted by Gasteiger charge is -2.12. The number of anilines is 1. The van der Waals surface area contributed by atoms with E-state index in [1.54, 1.807) is 30.5 Å². The number of hydrogen-bond acceptors (Lipinski definition) is 4. The third-order valence-electron chi connectivity index (χ3n) is 3.53. The summed E-state index contributed by atoms with van der Waals surface area (Å²) >= 11 is 5.96. The van der Waals surface area contributed by atoms with E-state index in [4.69, 9.17) is 11.6 Å². The molecule has 138 valence electrons. The number of hydrogen-bond donors (Lipinski definition) is 3. The summed E-state index contributed by atoms with van der Waals surface area (Å²) in [5.74, 6) is 0.581. The van der Waals surface area contributed by atoms with E-state index >= 15 is 0 Å². The zero-order valence-electron chi connectivity index (χ0n) is 14.8. The number of pyridine rings is 1. The molecule has 3 amide bonds. The molecule has 0 saturated heterocycles. The van der Waals surface area contributed by atoms with E-state index in [1.165, 1.54) is 0 Å². The molecule has 0 saturated carbocycles. The molecule has 1 aromatic carbocycles. The summed E-state index contributed by atoms with van der Waals surface area (Å²) in [4.78, 5) is 29.9. The van der Waals surface area contributed by atoms with Crippen LogP contribution in [-0.2, 0) is 6.54 Å². The van der Waals surface area contributed by atoms with E-state index in [0.717, 1.165) is 11.4 Å². The quantitative estimate of drug-likeness (QED) is 0.646. The Hall–Kier alpha value is -2.80. The summed E-state index contributed by atoms with van der Waals surface area (Å²) in [6, 6.07) is 10.3. The fourth-order valence-electron chi connectivity index (χ4n) is 2.12. The molecule has 26 heavy (non-hydrogen) atoms. The molecule has 0 aliphatic heterocycles. The highest BCUT2D eigenvalue weighted by molar-refractivity contribution is 6.33. The fourth-order valence-corrected chi connectivity index (χ4v) is 2.34. The molecule has 0 fully saturated rings. The van der Waals surface area contributed by atoms with E-state index in [9.17, 15) is 9.59 Å². The van der Waals surface area contributed by atoms with Crippen LogP contribution in [0.1, 0.15) is 15.9 Å². The molecule has 8 heteroatoms. The summed E-state index contributed by atoms with van der Waals surface area (Å²) in [5.41, 5.74) is 1.31. The number of rotatable bonds is 7. The van der Waals surface area contributed by atoms with Crippen LogP contribution in [0, 0.1) is 0 Å². The number of urea groups is 1. The number of halogens is 1. The van der Waals surface area contributed by atoms with Crippen LogP contribution in [0.5, 0.6) is 0 Å². The summed E-state index contributed by atoms with van der Waals surface area (Å²) in [6.45, 7) is 0.981. The maximum atomic E-state index is 12.0. The maximum Gasteiger partial charge on any atom is 0.315 e. The largest absolute Gasteiger partial charge is 0.363 e. The van der Waals surface area contributed by atoms with Crippen LogP contribution < -0.4 is 20.9 Å². The lowest BCUT2D eigenvalue weighted by atomic mass is 10.2. The van der Waals surface area contributed by atoms with Gasteiger partial charge in [-0.25, -0.2) is 9.78 Å². The molecule has 2 rings (SSSR count). The van der Waals surface area contributed by atoms with E-state index in [-0.39, 0.29) is 11.9 Å². The van der Waals surface area contributed by atoms with Crippen molar-refractivity contribution in [2.45, 2.75) is 6.54 Å². The Balaban J connectivity index is 1.66. The van der Waals surface area contributed by atoms with Crippen molar-refractivity contribution in [3.05, 3.63) is 58.7 Å². The first-order valence-corrected chi connectivity index (χ1v) is 8.52. The third kappa shape index (κ3) is 5.93. The minimum absolute atomic E-state index is 0.273. The predicted octanol–water partition coefficient (Wildman–Crippen LogP) is 2.03. The number of amides is 3. The smallest absolute Gasteiger partial charge is 0.315 e. The van der Waals surface area contributed by atoms with Gasteiger partial charge in [0.1, 0.15) is 5.82 Å². The molecule has 2 aromatic rings. The zero-order valence-corrected chi connectivity index (χ0v) is 15.5. The fraction of sp³-hybridized carbons (Fsp3) is 0.278. The number of benzene rings is 1. The van der Waals surface area contributed by atoms with Crippen molar-refractivity contribution >= 4 is 29.4 Å². The maximum absolute atomic E-state index is 12.0. The molecule has 3 N–H and O–H groups in total. The first-order valence-electron chi connectivity index (χ1n) is 8.14. The van der Waals surface area contributed by atoms with Crippen LogP contribution in [-0.4, -0.2) is 44.1 Å². The molecule has 0 radical (unpaired) electrons. The summed E-state index contributed by atoms with van der Waals surface area (Å²) in [6.07, 6.45) is 1.72. The molecule has 0 spiro atoms. The van der Waals surface area contributed by atoms with E-state index in [2.05, 4.69) is 20.9 Å². The van der Waals surface area contributed by atoms with Crippen molar-refractivity contribution < 1.29 is 9.59 Å². The van der Waals surface area contributed by atoms with Gasteiger partial charge in [0.05, 0.1) is 10.6 Å². The van der Waals surface area contributed by atoms with Gasteiger partial charge in [-0.1, -0.05) is 29.8 Å². The Morgan fingerprint density at radius 1 is 1.04 bits per heavy atom. The van der Waals surface area contributed by atoms with Gasteiger partial charge < -0.3 is 20.9 Å². The Morgan fingerprint density at radius 3 is 2.42 bits per heavy atom. The second-order valence-corrected chi connectivity index (χ2v) is 6.17. The highest BCUT2D eigenvalue weighted by Gasteiger charge is 2.08. The summed E-state index contributed by atoms with van der Waals surface area (Å²) < 4.78 is 0. The second-order valence-electron chi connectivity index (χ2n) is 5.76.